The summed E-state index contributed by atoms with van der Waals surface area (Å²) >= 11 is 0. The molecule has 1 aliphatic heterocycles. The molecule has 1 aliphatic rings. The van der Waals surface area contributed by atoms with Crippen molar-refractivity contribution in [2.45, 2.75) is 13.0 Å². The standard InChI is InChI=1S/C19H17N5O4/c20-18(26)12-2-4-13(5-3-12)19-21-23-24(22-19)11-15(25)14-6-7-16-17(10-14)28-9-1-8-27-16/h2-7,10H,1,8-9,11H2,(H2,20,26). The zero-order valence-electron chi connectivity index (χ0n) is 14.9. The Morgan fingerprint density at radius 2 is 1.71 bits per heavy atom. The third-order valence-electron chi connectivity index (χ3n) is 4.23. The van der Waals surface area contributed by atoms with Crippen molar-refractivity contribution in [1.29, 1.82) is 0 Å². The van der Waals surface area contributed by atoms with Crippen LogP contribution in [0.3, 0.4) is 0 Å². The van der Waals surface area contributed by atoms with E-state index in [1.54, 1.807) is 42.5 Å². The normalized spacial score (nSPS) is 13.0. The van der Waals surface area contributed by atoms with Crippen LogP contribution in [0.2, 0.25) is 0 Å². The van der Waals surface area contributed by atoms with Crippen molar-refractivity contribution in [3.8, 4) is 22.9 Å². The van der Waals surface area contributed by atoms with E-state index in [1.807, 2.05) is 0 Å². The van der Waals surface area contributed by atoms with Gasteiger partial charge in [0.1, 0.15) is 6.54 Å². The second-order valence-corrected chi connectivity index (χ2v) is 6.22. The molecule has 2 N–H and O–H groups in total. The number of nitrogens with two attached hydrogens (primary N) is 1. The van der Waals surface area contributed by atoms with Crippen molar-refractivity contribution in [3.05, 3.63) is 53.6 Å². The first kappa shape index (κ1) is 17.7. The van der Waals surface area contributed by atoms with Crippen molar-refractivity contribution < 1.29 is 19.1 Å². The fourth-order valence-electron chi connectivity index (χ4n) is 2.77. The number of Topliss-reactive ketones (excluding diaryl/α,β-unsaturated/α-hetero) is 1. The fourth-order valence-corrected chi connectivity index (χ4v) is 2.77. The molecule has 9 heteroatoms. The van der Waals surface area contributed by atoms with Crippen LogP contribution in [0.1, 0.15) is 27.1 Å². The molecule has 0 atom stereocenters. The van der Waals surface area contributed by atoms with Gasteiger partial charge in [0.25, 0.3) is 0 Å². The summed E-state index contributed by atoms with van der Waals surface area (Å²) in [5, 5.41) is 12.1. The van der Waals surface area contributed by atoms with E-state index in [1.165, 1.54) is 4.80 Å². The van der Waals surface area contributed by atoms with E-state index in [0.717, 1.165) is 6.42 Å². The summed E-state index contributed by atoms with van der Waals surface area (Å²) in [6.07, 6.45) is 0.796. The minimum Gasteiger partial charge on any atom is -0.490 e. The van der Waals surface area contributed by atoms with Gasteiger partial charge in [-0.05, 0) is 35.5 Å². The molecule has 1 amide bonds. The fraction of sp³-hybridized carbons (Fsp3) is 0.211. The molecule has 2 heterocycles. The number of tetrazole rings is 1. The van der Waals surface area contributed by atoms with E-state index in [9.17, 15) is 9.59 Å². The molecule has 0 unspecified atom stereocenters. The monoisotopic (exact) mass is 379 g/mol. The van der Waals surface area contributed by atoms with E-state index in [4.69, 9.17) is 15.2 Å². The van der Waals surface area contributed by atoms with Crippen LogP contribution in [0.5, 0.6) is 11.5 Å². The predicted octanol–water partition coefficient (Wildman–Crippen LogP) is 1.48. The molecule has 0 spiro atoms. The largest absolute Gasteiger partial charge is 0.490 e. The third kappa shape index (κ3) is 3.68. The first-order chi connectivity index (χ1) is 13.6. The summed E-state index contributed by atoms with van der Waals surface area (Å²) in [4.78, 5) is 24.9. The number of hydrogen-bond acceptors (Lipinski definition) is 7. The van der Waals surface area contributed by atoms with Crippen LogP contribution in [0.15, 0.2) is 42.5 Å². The molecule has 0 saturated carbocycles. The Kier molecular flexibility index (Phi) is 4.71. The van der Waals surface area contributed by atoms with Crippen LogP contribution in [0.25, 0.3) is 11.4 Å². The molecule has 0 fully saturated rings. The molecule has 0 saturated heterocycles. The lowest BCUT2D eigenvalue weighted by atomic mass is 10.1. The molecule has 0 bridgehead atoms. The summed E-state index contributed by atoms with van der Waals surface area (Å²) < 4.78 is 11.2. The average molecular weight is 379 g/mol. The number of carbonyl (C=O) groups excluding carboxylic acids is 2. The smallest absolute Gasteiger partial charge is 0.248 e. The predicted molar refractivity (Wildman–Crippen MR) is 98.2 cm³/mol. The minimum atomic E-state index is -0.510. The Morgan fingerprint density at radius 3 is 2.46 bits per heavy atom. The van der Waals surface area contributed by atoms with Crippen molar-refractivity contribution in [2.75, 3.05) is 13.2 Å². The maximum absolute atomic E-state index is 12.6. The maximum Gasteiger partial charge on any atom is 0.248 e. The number of fused-ring (bicyclic) bond motifs is 1. The SMILES string of the molecule is NC(=O)c1ccc(-c2nnn(CC(=O)c3ccc4c(c3)OCCCO4)n2)cc1. The lowest BCUT2D eigenvalue weighted by Crippen LogP contribution is -2.13. The van der Waals surface area contributed by atoms with Crippen molar-refractivity contribution in [3.63, 3.8) is 0 Å². The van der Waals surface area contributed by atoms with Crippen LogP contribution in [-0.2, 0) is 6.54 Å². The third-order valence-corrected chi connectivity index (χ3v) is 4.23. The van der Waals surface area contributed by atoms with Crippen molar-refractivity contribution in [1.82, 2.24) is 20.2 Å². The molecule has 1 aromatic heterocycles. The second-order valence-electron chi connectivity index (χ2n) is 6.22. The lowest BCUT2D eigenvalue weighted by Gasteiger charge is -2.08. The van der Waals surface area contributed by atoms with Gasteiger partial charge in [-0.15, -0.1) is 10.2 Å². The number of nitrogens with zero attached hydrogens (tertiary/aromatic N) is 4. The molecule has 0 aliphatic carbocycles. The van der Waals surface area contributed by atoms with Crippen LogP contribution < -0.4 is 15.2 Å². The number of aromatic nitrogens is 4. The number of hydrogen-bond donors (Lipinski definition) is 1. The van der Waals surface area contributed by atoms with E-state index in [-0.39, 0.29) is 12.3 Å². The van der Waals surface area contributed by atoms with E-state index >= 15 is 0 Å². The van der Waals surface area contributed by atoms with Gasteiger partial charge in [0, 0.05) is 23.1 Å². The molecular formula is C19H17N5O4. The van der Waals surface area contributed by atoms with Crippen LogP contribution in [-0.4, -0.2) is 45.1 Å². The van der Waals surface area contributed by atoms with E-state index in [2.05, 4.69) is 15.4 Å². The highest BCUT2D eigenvalue weighted by atomic mass is 16.5. The summed E-state index contributed by atoms with van der Waals surface area (Å²) in [5.74, 6) is 0.856. The average Bonchev–Trinajstić information content (AvgIpc) is 3.03. The Bertz CT molecular complexity index is 1030. The van der Waals surface area contributed by atoms with Gasteiger partial charge < -0.3 is 15.2 Å². The number of ketones is 1. The highest BCUT2D eigenvalue weighted by Crippen LogP contribution is 2.30. The Hall–Kier alpha value is -3.75. The van der Waals surface area contributed by atoms with Gasteiger partial charge >= 0.3 is 0 Å². The zero-order valence-corrected chi connectivity index (χ0v) is 14.9. The van der Waals surface area contributed by atoms with Gasteiger partial charge in [-0.25, -0.2) is 0 Å². The summed E-state index contributed by atoms with van der Waals surface area (Å²) in [6, 6.07) is 11.6. The van der Waals surface area contributed by atoms with E-state index in [0.29, 0.717) is 47.2 Å². The minimum absolute atomic E-state index is 0.0635. The summed E-state index contributed by atoms with van der Waals surface area (Å²) in [7, 11) is 0. The number of benzene rings is 2. The maximum atomic E-state index is 12.6. The Balaban J connectivity index is 1.48. The topological polar surface area (TPSA) is 122 Å². The highest BCUT2D eigenvalue weighted by Gasteiger charge is 2.16. The van der Waals surface area contributed by atoms with Gasteiger partial charge in [0.2, 0.25) is 11.7 Å². The first-order valence-electron chi connectivity index (χ1n) is 8.71. The van der Waals surface area contributed by atoms with Gasteiger partial charge in [-0.1, -0.05) is 12.1 Å². The molecule has 28 heavy (non-hydrogen) atoms. The molecule has 2 aromatic carbocycles. The summed E-state index contributed by atoms with van der Waals surface area (Å²) in [5.41, 5.74) is 6.76. The quantitative estimate of drug-likeness (QED) is 0.666. The number of carbonyl (C=O) groups is 2. The van der Waals surface area contributed by atoms with Crippen molar-refractivity contribution >= 4 is 11.7 Å². The summed E-state index contributed by atoms with van der Waals surface area (Å²) in [6.45, 7) is 1.07. The molecule has 9 nitrogen and oxygen atoms in total. The number of rotatable bonds is 5. The van der Waals surface area contributed by atoms with Crippen LogP contribution >= 0.6 is 0 Å². The van der Waals surface area contributed by atoms with Crippen LogP contribution in [0.4, 0.5) is 0 Å². The van der Waals surface area contributed by atoms with Crippen LogP contribution in [0, 0.1) is 0 Å². The van der Waals surface area contributed by atoms with Crippen molar-refractivity contribution in [2.24, 2.45) is 5.73 Å². The lowest BCUT2D eigenvalue weighted by molar-refractivity contribution is 0.0959. The Morgan fingerprint density at radius 1 is 1.00 bits per heavy atom. The second kappa shape index (κ2) is 7.47. The molecule has 0 radical (unpaired) electrons. The highest BCUT2D eigenvalue weighted by molar-refractivity contribution is 5.96. The molecular weight excluding hydrogens is 362 g/mol. The van der Waals surface area contributed by atoms with Gasteiger partial charge in [-0.2, -0.15) is 4.80 Å². The zero-order chi connectivity index (χ0) is 19.5. The number of ether oxygens (including phenoxy) is 2. The first-order valence-corrected chi connectivity index (χ1v) is 8.71. The van der Waals surface area contributed by atoms with Gasteiger partial charge in [0.05, 0.1) is 13.2 Å². The molecule has 142 valence electrons. The van der Waals surface area contributed by atoms with E-state index < -0.39 is 5.91 Å². The number of primary amides is 1. The molecule has 4 rings (SSSR count). The number of amides is 1. The molecule has 3 aromatic rings. The van der Waals surface area contributed by atoms with Gasteiger partial charge in [0.15, 0.2) is 17.3 Å². The Labute approximate surface area is 160 Å². The van der Waals surface area contributed by atoms with Gasteiger partial charge in [-0.3, -0.25) is 9.59 Å².